The molecular weight excluding hydrogens is 266 g/mol. The third-order valence-electron chi connectivity index (χ3n) is 3.34. The summed E-state index contributed by atoms with van der Waals surface area (Å²) >= 11 is 1.06. The van der Waals surface area contributed by atoms with Gasteiger partial charge < -0.3 is 15.3 Å². The van der Waals surface area contributed by atoms with Crippen LogP contribution in [0.3, 0.4) is 0 Å². The van der Waals surface area contributed by atoms with Gasteiger partial charge in [-0.1, -0.05) is 0 Å². The summed E-state index contributed by atoms with van der Waals surface area (Å²) in [5.41, 5.74) is 0.582. The number of hydrogen-bond acceptors (Lipinski definition) is 5. The Hall–Kier alpha value is -1.47. The van der Waals surface area contributed by atoms with Gasteiger partial charge in [-0.3, -0.25) is 4.79 Å². The molecule has 0 aliphatic carbocycles. The molecule has 0 bridgehead atoms. The number of rotatable bonds is 3. The summed E-state index contributed by atoms with van der Waals surface area (Å²) < 4.78 is 4.04. The van der Waals surface area contributed by atoms with Gasteiger partial charge in [0.2, 0.25) is 5.91 Å². The number of nitrogens with zero attached hydrogens (tertiary/aromatic N) is 2. The molecule has 7 heteroatoms. The quantitative estimate of drug-likeness (QED) is 0.868. The molecule has 0 unspecified atom stereocenters. The number of aromatic nitrogens is 1. The van der Waals surface area contributed by atoms with E-state index < -0.39 is 5.97 Å². The van der Waals surface area contributed by atoms with Crippen LogP contribution in [0, 0.1) is 12.8 Å². The highest BCUT2D eigenvalue weighted by Crippen LogP contribution is 2.29. The lowest BCUT2D eigenvalue weighted by Gasteiger charge is -2.26. The Morgan fingerprint density at radius 3 is 2.84 bits per heavy atom. The number of carbonyl (C=O) groups is 2. The highest BCUT2D eigenvalue weighted by Gasteiger charge is 2.29. The number of nitrogens with one attached hydrogen (secondary N) is 1. The number of carboxylic acid groups (broad SMARTS) is 1. The molecule has 104 valence electrons. The van der Waals surface area contributed by atoms with E-state index in [0.717, 1.165) is 30.9 Å². The van der Waals surface area contributed by atoms with Crippen molar-refractivity contribution in [2.75, 3.05) is 25.0 Å². The van der Waals surface area contributed by atoms with Crippen LogP contribution in [0.25, 0.3) is 0 Å². The normalized spacial score (nSPS) is 19.2. The molecule has 2 N–H and O–H groups in total. The van der Waals surface area contributed by atoms with E-state index in [9.17, 15) is 14.7 Å². The minimum atomic E-state index is -1.04. The summed E-state index contributed by atoms with van der Waals surface area (Å²) in [4.78, 5) is 25.0. The van der Waals surface area contributed by atoms with Gasteiger partial charge in [-0.25, -0.2) is 4.79 Å². The molecule has 19 heavy (non-hydrogen) atoms. The molecule has 1 amide bonds. The number of anilines is 1. The molecule has 1 fully saturated rings. The molecule has 1 aliphatic rings. The Morgan fingerprint density at radius 2 is 2.26 bits per heavy atom. The fraction of sp³-hybridized carbons (Fsp3) is 0.583. The largest absolute Gasteiger partial charge is 0.478 e. The maximum atomic E-state index is 12.4. The van der Waals surface area contributed by atoms with Gasteiger partial charge in [-0.15, -0.1) is 0 Å². The summed E-state index contributed by atoms with van der Waals surface area (Å²) in [6.45, 7) is 3.24. The average Bonchev–Trinajstić information content (AvgIpc) is 2.80. The molecule has 6 nitrogen and oxygen atoms in total. The third kappa shape index (κ3) is 2.76. The lowest BCUT2D eigenvalue weighted by atomic mass is 9.98. The first-order valence-corrected chi connectivity index (χ1v) is 6.97. The molecule has 0 radical (unpaired) electrons. The summed E-state index contributed by atoms with van der Waals surface area (Å²) in [6.07, 6.45) is 1.81. The molecule has 1 saturated heterocycles. The van der Waals surface area contributed by atoms with E-state index >= 15 is 0 Å². The van der Waals surface area contributed by atoms with E-state index in [1.807, 2.05) is 0 Å². The van der Waals surface area contributed by atoms with Crippen molar-refractivity contribution in [2.45, 2.75) is 19.8 Å². The van der Waals surface area contributed by atoms with Crippen molar-refractivity contribution in [3.8, 4) is 0 Å². The lowest BCUT2D eigenvalue weighted by molar-refractivity contribution is -0.122. The first kappa shape index (κ1) is 14.0. The fourth-order valence-electron chi connectivity index (χ4n) is 2.27. The average molecular weight is 283 g/mol. The zero-order chi connectivity index (χ0) is 14.0. The number of carbonyl (C=O) groups excluding carboxylic acids is 1. The van der Waals surface area contributed by atoms with Gasteiger partial charge in [0.05, 0.1) is 11.6 Å². The van der Waals surface area contributed by atoms with Gasteiger partial charge in [0, 0.05) is 13.6 Å². The number of amides is 1. The first-order chi connectivity index (χ1) is 9.02. The van der Waals surface area contributed by atoms with E-state index in [1.165, 1.54) is 4.90 Å². The second kappa shape index (κ2) is 5.66. The van der Waals surface area contributed by atoms with Crippen LogP contribution in [0.4, 0.5) is 5.00 Å². The predicted octanol–water partition coefficient (Wildman–Crippen LogP) is 1.11. The lowest BCUT2D eigenvalue weighted by Crippen LogP contribution is -2.41. The summed E-state index contributed by atoms with van der Waals surface area (Å²) in [5, 5.41) is 12.8. The Balaban J connectivity index is 2.21. The molecule has 1 aromatic rings. The smallest absolute Gasteiger partial charge is 0.340 e. The number of piperidine rings is 1. The van der Waals surface area contributed by atoms with E-state index in [1.54, 1.807) is 14.0 Å². The summed E-state index contributed by atoms with van der Waals surface area (Å²) in [5.74, 6) is -1.16. The standard InChI is InChI=1S/C12H17N3O3S/c1-7-9(12(17)18)11(19-14-7)15(2)10(16)8-4-3-5-13-6-8/h8,13H,3-6H2,1-2H3,(H,17,18)/t8-/m1/s1. The Bertz CT molecular complexity index is 494. The van der Waals surface area contributed by atoms with Crippen molar-refractivity contribution in [3.05, 3.63) is 11.3 Å². The van der Waals surface area contributed by atoms with Crippen LogP contribution in [0.15, 0.2) is 0 Å². The first-order valence-electron chi connectivity index (χ1n) is 6.20. The highest BCUT2D eigenvalue weighted by molar-refractivity contribution is 7.11. The van der Waals surface area contributed by atoms with Crippen LogP contribution in [0.1, 0.15) is 28.9 Å². The Morgan fingerprint density at radius 1 is 1.53 bits per heavy atom. The summed E-state index contributed by atoms with van der Waals surface area (Å²) in [7, 11) is 1.62. The number of aromatic carboxylic acids is 1. The topological polar surface area (TPSA) is 82.5 Å². The van der Waals surface area contributed by atoms with Crippen LogP contribution in [0.5, 0.6) is 0 Å². The minimum absolute atomic E-state index is 0.0432. The molecule has 1 aliphatic heterocycles. The Kier molecular flexibility index (Phi) is 4.16. The van der Waals surface area contributed by atoms with Gasteiger partial charge in [0.1, 0.15) is 10.6 Å². The molecule has 2 heterocycles. The maximum absolute atomic E-state index is 12.4. The van der Waals surface area contributed by atoms with Crippen molar-refractivity contribution in [1.82, 2.24) is 9.69 Å². The second-order valence-corrected chi connectivity index (χ2v) is 5.45. The number of carboxylic acids is 1. The van der Waals surface area contributed by atoms with Gasteiger partial charge in [-0.05, 0) is 37.8 Å². The molecule has 0 saturated carbocycles. The van der Waals surface area contributed by atoms with Crippen molar-refractivity contribution in [1.29, 1.82) is 0 Å². The van der Waals surface area contributed by atoms with E-state index in [-0.39, 0.29) is 17.4 Å². The van der Waals surface area contributed by atoms with Crippen LogP contribution >= 0.6 is 11.5 Å². The zero-order valence-corrected chi connectivity index (χ0v) is 11.8. The van der Waals surface area contributed by atoms with Crippen molar-refractivity contribution in [3.63, 3.8) is 0 Å². The van der Waals surface area contributed by atoms with Crippen molar-refractivity contribution in [2.24, 2.45) is 5.92 Å². The van der Waals surface area contributed by atoms with Crippen LogP contribution in [-0.4, -0.2) is 41.5 Å². The van der Waals surface area contributed by atoms with Crippen molar-refractivity contribution < 1.29 is 14.7 Å². The molecule has 0 aromatic carbocycles. The van der Waals surface area contributed by atoms with Crippen LogP contribution in [-0.2, 0) is 4.79 Å². The molecular formula is C12H17N3O3S. The molecule has 2 rings (SSSR count). The van der Waals surface area contributed by atoms with Gasteiger partial charge in [0.15, 0.2) is 0 Å². The number of aryl methyl sites for hydroxylation is 1. The van der Waals surface area contributed by atoms with Crippen LogP contribution < -0.4 is 10.2 Å². The third-order valence-corrected chi connectivity index (χ3v) is 4.36. The maximum Gasteiger partial charge on any atom is 0.340 e. The zero-order valence-electron chi connectivity index (χ0n) is 11.0. The molecule has 1 aromatic heterocycles. The van der Waals surface area contributed by atoms with Gasteiger partial charge in [-0.2, -0.15) is 4.37 Å². The molecule has 0 spiro atoms. The van der Waals surface area contributed by atoms with Crippen molar-refractivity contribution >= 4 is 28.4 Å². The number of hydrogen-bond donors (Lipinski definition) is 2. The monoisotopic (exact) mass is 283 g/mol. The van der Waals surface area contributed by atoms with E-state index in [0.29, 0.717) is 17.2 Å². The summed E-state index contributed by atoms with van der Waals surface area (Å²) in [6, 6.07) is 0. The van der Waals surface area contributed by atoms with E-state index in [2.05, 4.69) is 9.69 Å². The SMILES string of the molecule is Cc1nsc(N(C)C(=O)[C@@H]2CCCNC2)c1C(=O)O. The van der Waals surface area contributed by atoms with Gasteiger partial charge >= 0.3 is 5.97 Å². The van der Waals surface area contributed by atoms with Gasteiger partial charge in [0.25, 0.3) is 0 Å². The van der Waals surface area contributed by atoms with Crippen LogP contribution in [0.2, 0.25) is 0 Å². The fourth-order valence-corrected chi connectivity index (χ4v) is 3.12. The molecule has 1 atom stereocenters. The highest BCUT2D eigenvalue weighted by atomic mass is 32.1. The van der Waals surface area contributed by atoms with E-state index in [4.69, 9.17) is 0 Å². The minimum Gasteiger partial charge on any atom is -0.478 e. The second-order valence-electron chi connectivity index (χ2n) is 4.69. The predicted molar refractivity (Wildman–Crippen MR) is 72.8 cm³/mol. The Labute approximate surface area is 115 Å².